The van der Waals surface area contributed by atoms with Crippen LogP contribution in [0.25, 0.3) is 0 Å². The highest BCUT2D eigenvalue weighted by Crippen LogP contribution is 2.20. The van der Waals surface area contributed by atoms with Crippen LogP contribution < -0.4 is 5.32 Å². The van der Waals surface area contributed by atoms with Crippen molar-refractivity contribution in [3.05, 3.63) is 35.4 Å². The van der Waals surface area contributed by atoms with E-state index in [9.17, 15) is 0 Å². The molecule has 2 rings (SSSR count). The lowest BCUT2D eigenvalue weighted by atomic mass is 9.99. The summed E-state index contributed by atoms with van der Waals surface area (Å²) in [7, 11) is 0. The van der Waals surface area contributed by atoms with Gasteiger partial charge in [0.2, 0.25) is 0 Å². The van der Waals surface area contributed by atoms with E-state index in [0.29, 0.717) is 6.04 Å². The summed E-state index contributed by atoms with van der Waals surface area (Å²) in [6.07, 6.45) is 0. The second-order valence-electron chi connectivity index (χ2n) is 4.26. The molecule has 1 aliphatic rings. The highest BCUT2D eigenvalue weighted by atomic mass is 15.2. The van der Waals surface area contributed by atoms with E-state index < -0.39 is 0 Å². The summed E-state index contributed by atoms with van der Waals surface area (Å²) in [5.74, 6) is 0. The van der Waals surface area contributed by atoms with Crippen LogP contribution >= 0.6 is 0 Å². The van der Waals surface area contributed by atoms with Crippen LogP contribution in [0.5, 0.6) is 0 Å². The molecule has 0 spiro atoms. The second kappa shape index (κ2) is 4.77. The highest BCUT2D eigenvalue weighted by molar-refractivity contribution is 5.29. The van der Waals surface area contributed by atoms with Crippen LogP contribution in [-0.2, 0) is 0 Å². The molecule has 2 heteroatoms. The van der Waals surface area contributed by atoms with Crippen LogP contribution in [-0.4, -0.2) is 31.1 Å². The molecule has 0 aromatic heterocycles. The van der Waals surface area contributed by atoms with E-state index in [-0.39, 0.29) is 0 Å². The lowest BCUT2D eigenvalue weighted by Crippen LogP contribution is -2.45. The molecule has 0 saturated carbocycles. The summed E-state index contributed by atoms with van der Waals surface area (Å²) < 4.78 is 0. The number of hydrogen-bond acceptors (Lipinski definition) is 2. The molecule has 0 amide bonds. The van der Waals surface area contributed by atoms with Crippen molar-refractivity contribution < 1.29 is 0 Å². The Bertz CT molecular complexity index is 322. The number of hydrogen-bond donors (Lipinski definition) is 1. The highest BCUT2D eigenvalue weighted by Gasteiger charge is 2.20. The van der Waals surface area contributed by atoms with Gasteiger partial charge in [0.25, 0.3) is 0 Å². The van der Waals surface area contributed by atoms with E-state index in [1.165, 1.54) is 17.7 Å². The largest absolute Gasteiger partial charge is 0.308 e. The van der Waals surface area contributed by atoms with E-state index >= 15 is 0 Å². The summed E-state index contributed by atoms with van der Waals surface area (Å²) in [5, 5.41) is 3.60. The van der Waals surface area contributed by atoms with Gasteiger partial charge in [-0.2, -0.15) is 0 Å². The fourth-order valence-electron chi connectivity index (χ4n) is 2.28. The molecule has 82 valence electrons. The Morgan fingerprint density at radius 1 is 1.40 bits per heavy atom. The molecule has 2 nitrogen and oxygen atoms in total. The third kappa shape index (κ3) is 2.39. The van der Waals surface area contributed by atoms with Crippen molar-refractivity contribution in [2.75, 3.05) is 26.2 Å². The molecule has 1 aliphatic heterocycles. The predicted molar refractivity (Wildman–Crippen MR) is 64.0 cm³/mol. The summed E-state index contributed by atoms with van der Waals surface area (Å²) in [6.45, 7) is 9.01. The lowest BCUT2D eigenvalue weighted by Gasteiger charge is -2.33. The van der Waals surface area contributed by atoms with E-state index in [0.717, 1.165) is 19.6 Å². The summed E-state index contributed by atoms with van der Waals surface area (Å²) in [4.78, 5) is 2.51. The molecular weight excluding hydrogens is 184 g/mol. The summed E-state index contributed by atoms with van der Waals surface area (Å²) >= 11 is 0. The lowest BCUT2D eigenvalue weighted by molar-refractivity contribution is 0.210. The van der Waals surface area contributed by atoms with Gasteiger partial charge in [-0.05, 0) is 24.6 Å². The standard InChI is InChI=1S/C13H20N2/c1-3-15-9-8-14-13(10-15)12-7-5-4-6-11(12)2/h4-7,13-14H,3,8-10H2,1-2H3/t13-/m0/s1. The van der Waals surface area contributed by atoms with Crippen molar-refractivity contribution >= 4 is 0 Å². The van der Waals surface area contributed by atoms with Gasteiger partial charge in [-0.15, -0.1) is 0 Å². The molecule has 1 aromatic rings. The summed E-state index contributed by atoms with van der Waals surface area (Å²) in [6, 6.07) is 9.20. The van der Waals surface area contributed by atoms with Crippen LogP contribution in [0.3, 0.4) is 0 Å². The van der Waals surface area contributed by atoms with Gasteiger partial charge in [0.1, 0.15) is 0 Å². The van der Waals surface area contributed by atoms with Crippen LogP contribution in [0, 0.1) is 6.92 Å². The van der Waals surface area contributed by atoms with E-state index in [1.54, 1.807) is 0 Å². The van der Waals surface area contributed by atoms with E-state index in [1.807, 2.05) is 0 Å². The molecule has 0 unspecified atom stereocenters. The summed E-state index contributed by atoms with van der Waals surface area (Å²) in [5.41, 5.74) is 2.85. The Labute approximate surface area is 92.3 Å². The minimum atomic E-state index is 0.514. The van der Waals surface area contributed by atoms with Gasteiger partial charge in [-0.25, -0.2) is 0 Å². The topological polar surface area (TPSA) is 15.3 Å². The number of nitrogens with zero attached hydrogens (tertiary/aromatic N) is 1. The Morgan fingerprint density at radius 2 is 2.20 bits per heavy atom. The number of piperazine rings is 1. The Balaban J connectivity index is 2.13. The van der Waals surface area contributed by atoms with Gasteiger partial charge >= 0.3 is 0 Å². The van der Waals surface area contributed by atoms with Crippen molar-refractivity contribution in [3.8, 4) is 0 Å². The van der Waals surface area contributed by atoms with Crippen molar-refractivity contribution in [2.45, 2.75) is 19.9 Å². The zero-order valence-corrected chi connectivity index (χ0v) is 9.66. The average Bonchev–Trinajstić information content (AvgIpc) is 2.30. The second-order valence-corrected chi connectivity index (χ2v) is 4.26. The zero-order valence-electron chi connectivity index (χ0n) is 9.66. The number of rotatable bonds is 2. The number of benzene rings is 1. The Kier molecular flexibility index (Phi) is 3.39. The Morgan fingerprint density at radius 3 is 2.93 bits per heavy atom. The molecular formula is C13H20N2. The Hall–Kier alpha value is -0.860. The molecule has 15 heavy (non-hydrogen) atoms. The molecule has 1 atom stereocenters. The first-order chi connectivity index (χ1) is 7.31. The van der Waals surface area contributed by atoms with Gasteiger partial charge < -0.3 is 10.2 Å². The number of nitrogens with one attached hydrogen (secondary N) is 1. The molecule has 1 N–H and O–H groups in total. The third-order valence-electron chi connectivity index (χ3n) is 3.27. The molecule has 1 fully saturated rings. The van der Waals surface area contributed by atoms with Gasteiger partial charge in [-0.1, -0.05) is 31.2 Å². The molecule has 0 bridgehead atoms. The maximum atomic E-state index is 3.60. The molecule has 0 aliphatic carbocycles. The van der Waals surface area contributed by atoms with Gasteiger partial charge in [-0.3, -0.25) is 0 Å². The van der Waals surface area contributed by atoms with Crippen LogP contribution in [0.1, 0.15) is 24.1 Å². The number of likely N-dealkylation sites (N-methyl/N-ethyl adjacent to an activating group) is 1. The zero-order chi connectivity index (χ0) is 10.7. The minimum absolute atomic E-state index is 0.514. The van der Waals surface area contributed by atoms with Crippen LogP contribution in [0.4, 0.5) is 0 Å². The fourth-order valence-corrected chi connectivity index (χ4v) is 2.28. The van der Waals surface area contributed by atoms with Crippen LogP contribution in [0.2, 0.25) is 0 Å². The first-order valence-electron chi connectivity index (χ1n) is 5.82. The van der Waals surface area contributed by atoms with Gasteiger partial charge in [0, 0.05) is 25.7 Å². The van der Waals surface area contributed by atoms with E-state index in [4.69, 9.17) is 0 Å². The molecule has 0 radical (unpaired) electrons. The first-order valence-corrected chi connectivity index (χ1v) is 5.82. The monoisotopic (exact) mass is 204 g/mol. The maximum Gasteiger partial charge on any atom is 0.0452 e. The number of aryl methyl sites for hydroxylation is 1. The predicted octanol–water partition coefficient (Wildman–Crippen LogP) is 1.96. The third-order valence-corrected chi connectivity index (χ3v) is 3.27. The smallest absolute Gasteiger partial charge is 0.0452 e. The van der Waals surface area contributed by atoms with Gasteiger partial charge in [0.15, 0.2) is 0 Å². The quantitative estimate of drug-likeness (QED) is 0.792. The van der Waals surface area contributed by atoms with Gasteiger partial charge in [0.05, 0.1) is 0 Å². The first kappa shape index (κ1) is 10.7. The minimum Gasteiger partial charge on any atom is -0.308 e. The average molecular weight is 204 g/mol. The van der Waals surface area contributed by atoms with Crippen molar-refractivity contribution in [2.24, 2.45) is 0 Å². The fraction of sp³-hybridized carbons (Fsp3) is 0.538. The van der Waals surface area contributed by atoms with Crippen LogP contribution in [0.15, 0.2) is 24.3 Å². The van der Waals surface area contributed by atoms with Crippen molar-refractivity contribution in [1.82, 2.24) is 10.2 Å². The van der Waals surface area contributed by atoms with E-state index in [2.05, 4.69) is 48.3 Å². The molecule has 1 saturated heterocycles. The normalized spacial score (nSPS) is 22.9. The molecule has 1 heterocycles. The van der Waals surface area contributed by atoms with Crippen molar-refractivity contribution in [3.63, 3.8) is 0 Å². The SMILES string of the molecule is CCN1CCN[C@H](c2ccccc2C)C1. The maximum absolute atomic E-state index is 3.60. The van der Waals surface area contributed by atoms with Crippen molar-refractivity contribution in [1.29, 1.82) is 0 Å². The molecule has 1 aromatic carbocycles.